The lowest BCUT2D eigenvalue weighted by Crippen LogP contribution is -2.43. The van der Waals surface area contributed by atoms with Gasteiger partial charge in [0.1, 0.15) is 16.4 Å². The van der Waals surface area contributed by atoms with Gasteiger partial charge in [-0.05, 0) is 36.7 Å². The Morgan fingerprint density at radius 3 is 2.78 bits per heavy atom. The summed E-state index contributed by atoms with van der Waals surface area (Å²) in [5.41, 5.74) is -0.529. The second kappa shape index (κ2) is 4.70. The topological polar surface area (TPSA) is 60.4 Å². The Labute approximate surface area is 114 Å². The Morgan fingerprint density at radius 1 is 1.56 bits per heavy atom. The highest BCUT2D eigenvalue weighted by molar-refractivity contribution is 9.18. The molecule has 3 atom stereocenters. The Kier molecular flexibility index (Phi) is 3.55. The number of nitrogens with zero attached hydrogens (tertiary/aromatic N) is 2. The van der Waals surface area contributed by atoms with Crippen molar-refractivity contribution in [2.45, 2.75) is 38.7 Å². The molecule has 0 spiro atoms. The third kappa shape index (κ3) is 2.47. The van der Waals surface area contributed by atoms with Crippen LogP contribution in [0.3, 0.4) is 0 Å². The van der Waals surface area contributed by atoms with E-state index >= 15 is 0 Å². The van der Waals surface area contributed by atoms with Crippen molar-refractivity contribution in [3.63, 3.8) is 0 Å². The predicted octanol–water partition coefficient (Wildman–Crippen LogP) is 1.93. The molecule has 0 aromatic rings. The van der Waals surface area contributed by atoms with Gasteiger partial charge in [0.05, 0.1) is 12.5 Å². The number of amides is 1. The first kappa shape index (κ1) is 13.6. The van der Waals surface area contributed by atoms with Crippen LogP contribution in [0.15, 0.2) is 5.16 Å². The van der Waals surface area contributed by atoms with Crippen LogP contribution in [0.2, 0.25) is 0 Å². The van der Waals surface area contributed by atoms with E-state index in [9.17, 15) is 4.79 Å². The predicted molar refractivity (Wildman–Crippen MR) is 68.5 cm³/mol. The van der Waals surface area contributed by atoms with E-state index < -0.39 is 17.9 Å². The quantitative estimate of drug-likeness (QED) is 0.740. The molecular formula is C11H17BrN2O4. The summed E-state index contributed by atoms with van der Waals surface area (Å²) in [7, 11) is 1.56. The van der Waals surface area contributed by atoms with E-state index in [-0.39, 0.29) is 12.0 Å². The number of carbonyl (C=O) groups is 1. The average molecular weight is 321 g/mol. The van der Waals surface area contributed by atoms with Crippen molar-refractivity contribution in [3.05, 3.63) is 0 Å². The Morgan fingerprint density at radius 2 is 2.22 bits per heavy atom. The van der Waals surface area contributed by atoms with Gasteiger partial charge in [-0.2, -0.15) is 0 Å². The zero-order chi connectivity index (χ0) is 13.5. The number of methoxy groups -OCH3 is 1. The van der Waals surface area contributed by atoms with Crippen LogP contribution in [0.1, 0.15) is 20.8 Å². The smallest absolute Gasteiger partial charge is 0.412 e. The van der Waals surface area contributed by atoms with Crippen molar-refractivity contribution in [2.75, 3.05) is 13.7 Å². The molecule has 0 saturated carbocycles. The van der Waals surface area contributed by atoms with E-state index in [2.05, 4.69) is 21.1 Å². The normalized spacial score (nSPS) is 30.8. The van der Waals surface area contributed by atoms with Gasteiger partial charge in [-0.25, -0.2) is 4.79 Å². The van der Waals surface area contributed by atoms with Gasteiger partial charge in [-0.15, -0.1) is 0 Å². The molecule has 102 valence electrons. The molecule has 7 heteroatoms. The van der Waals surface area contributed by atoms with Gasteiger partial charge in [0, 0.05) is 7.11 Å². The molecule has 3 unspecified atom stereocenters. The average Bonchev–Trinajstić information content (AvgIpc) is 2.76. The first-order valence-electron chi connectivity index (χ1n) is 5.75. The van der Waals surface area contributed by atoms with Crippen molar-refractivity contribution in [1.29, 1.82) is 0 Å². The van der Waals surface area contributed by atoms with Crippen LogP contribution < -0.4 is 0 Å². The summed E-state index contributed by atoms with van der Waals surface area (Å²) < 4.78 is 11.4. The lowest BCUT2D eigenvalue weighted by molar-refractivity contribution is -0.0375. The number of rotatable bonds is 1. The summed E-state index contributed by atoms with van der Waals surface area (Å²) in [6.07, 6.45) is -0.977. The summed E-state index contributed by atoms with van der Waals surface area (Å²) in [6.45, 7) is 5.91. The van der Waals surface area contributed by atoms with Gasteiger partial charge in [0.2, 0.25) is 0 Å². The number of halogens is 1. The highest BCUT2D eigenvalue weighted by Gasteiger charge is 2.52. The van der Waals surface area contributed by atoms with Crippen LogP contribution in [0.4, 0.5) is 4.79 Å². The van der Waals surface area contributed by atoms with Gasteiger partial charge in [0.25, 0.3) is 0 Å². The van der Waals surface area contributed by atoms with Gasteiger partial charge in [-0.1, -0.05) is 5.16 Å². The van der Waals surface area contributed by atoms with Crippen LogP contribution in [-0.2, 0) is 14.3 Å². The Hall–Kier alpha value is -0.820. The number of fused-ring (bicyclic) bond motifs is 1. The summed E-state index contributed by atoms with van der Waals surface area (Å²) in [4.78, 5) is 18.9. The molecule has 18 heavy (non-hydrogen) atoms. The molecule has 2 heterocycles. The molecule has 2 aliphatic heterocycles. The summed E-state index contributed by atoms with van der Waals surface area (Å²) in [6, 6.07) is 0. The molecule has 1 amide bonds. The maximum absolute atomic E-state index is 12.1. The van der Waals surface area contributed by atoms with Crippen LogP contribution in [0.25, 0.3) is 0 Å². The number of likely N-dealkylation sites (tertiary alicyclic amines) is 1. The zero-order valence-corrected chi connectivity index (χ0v) is 12.4. The number of oxime groups is 1. The molecule has 2 rings (SSSR count). The second-order valence-corrected chi connectivity index (χ2v) is 6.16. The fourth-order valence-electron chi connectivity index (χ4n) is 2.11. The molecule has 1 fully saturated rings. The minimum absolute atomic E-state index is 0.0810. The van der Waals surface area contributed by atoms with Crippen LogP contribution in [0, 0.1) is 5.92 Å². The first-order chi connectivity index (χ1) is 8.33. The van der Waals surface area contributed by atoms with Gasteiger partial charge < -0.3 is 14.3 Å². The SMILES string of the molecule is COC1C2C(Br)=NOC2CN1C(=O)OC(C)(C)C. The zero-order valence-electron chi connectivity index (χ0n) is 10.8. The van der Waals surface area contributed by atoms with E-state index in [0.29, 0.717) is 11.2 Å². The van der Waals surface area contributed by atoms with Gasteiger partial charge in [0.15, 0.2) is 6.10 Å². The minimum atomic E-state index is -0.529. The molecule has 0 aliphatic carbocycles. The maximum Gasteiger partial charge on any atom is 0.412 e. The van der Waals surface area contributed by atoms with Crippen molar-refractivity contribution in [1.82, 2.24) is 4.90 Å². The maximum atomic E-state index is 12.1. The molecule has 0 aromatic heterocycles. The lowest BCUT2D eigenvalue weighted by atomic mass is 10.1. The van der Waals surface area contributed by atoms with E-state index in [1.165, 1.54) is 4.90 Å². The molecule has 2 aliphatic rings. The molecule has 1 saturated heterocycles. The minimum Gasteiger partial charge on any atom is -0.444 e. The van der Waals surface area contributed by atoms with Crippen molar-refractivity contribution < 1.29 is 19.1 Å². The summed E-state index contributed by atoms with van der Waals surface area (Å²) in [5, 5.41) is 3.86. The van der Waals surface area contributed by atoms with E-state index in [1.807, 2.05) is 20.8 Å². The van der Waals surface area contributed by atoms with E-state index in [1.54, 1.807) is 7.11 Å². The standard InChI is InChI=1S/C11H17BrN2O4/c1-11(2,3)17-10(15)14-5-6-7(9(14)16-4)8(12)13-18-6/h6-7,9H,5H2,1-4H3. The Bertz CT molecular complexity index is 380. The number of hydrogen-bond acceptors (Lipinski definition) is 5. The number of carbonyl (C=O) groups excluding carboxylic acids is 1. The van der Waals surface area contributed by atoms with Crippen molar-refractivity contribution >= 4 is 26.6 Å². The molecular weight excluding hydrogens is 304 g/mol. The first-order valence-corrected chi connectivity index (χ1v) is 6.54. The highest BCUT2D eigenvalue weighted by Crippen LogP contribution is 2.35. The van der Waals surface area contributed by atoms with Gasteiger partial charge in [-0.3, -0.25) is 4.90 Å². The summed E-state index contributed by atoms with van der Waals surface area (Å²) in [5.74, 6) is -0.0810. The third-order valence-electron chi connectivity index (χ3n) is 2.81. The second-order valence-electron chi connectivity index (χ2n) is 5.34. The Balaban J connectivity index is 2.11. The monoisotopic (exact) mass is 320 g/mol. The largest absolute Gasteiger partial charge is 0.444 e. The fourth-order valence-corrected chi connectivity index (χ4v) is 2.72. The van der Waals surface area contributed by atoms with Crippen LogP contribution >= 0.6 is 15.9 Å². The number of ether oxygens (including phenoxy) is 2. The molecule has 0 aromatic carbocycles. The third-order valence-corrected chi connectivity index (χ3v) is 3.48. The van der Waals surface area contributed by atoms with Crippen LogP contribution in [-0.4, -0.2) is 47.2 Å². The molecule has 0 bridgehead atoms. The van der Waals surface area contributed by atoms with Crippen molar-refractivity contribution in [2.24, 2.45) is 11.1 Å². The summed E-state index contributed by atoms with van der Waals surface area (Å²) >= 11 is 3.33. The number of hydrogen-bond donors (Lipinski definition) is 0. The highest BCUT2D eigenvalue weighted by atomic mass is 79.9. The van der Waals surface area contributed by atoms with Crippen molar-refractivity contribution in [3.8, 4) is 0 Å². The molecule has 6 nitrogen and oxygen atoms in total. The van der Waals surface area contributed by atoms with E-state index in [0.717, 1.165) is 0 Å². The van der Waals surface area contributed by atoms with E-state index in [4.69, 9.17) is 14.3 Å². The molecule has 0 N–H and O–H groups in total. The lowest BCUT2D eigenvalue weighted by Gasteiger charge is -2.28. The molecule has 0 radical (unpaired) electrons. The fraction of sp³-hybridized carbons (Fsp3) is 0.818. The van der Waals surface area contributed by atoms with Crippen LogP contribution in [0.5, 0.6) is 0 Å². The van der Waals surface area contributed by atoms with Gasteiger partial charge >= 0.3 is 6.09 Å².